The predicted octanol–water partition coefficient (Wildman–Crippen LogP) is 1.22. The summed E-state index contributed by atoms with van der Waals surface area (Å²) < 4.78 is 5.77. The third-order valence-corrected chi connectivity index (χ3v) is 3.26. The molecule has 1 heterocycles. The molecule has 0 aliphatic carbocycles. The van der Waals surface area contributed by atoms with Crippen molar-refractivity contribution in [2.24, 2.45) is 0 Å². The molecule has 0 aromatic heterocycles. The second kappa shape index (κ2) is 4.07. The Hall–Kier alpha value is -1.94. The average Bonchev–Trinajstić information content (AvgIpc) is 2.64. The van der Waals surface area contributed by atoms with Gasteiger partial charge in [0.05, 0.1) is 0 Å². The van der Waals surface area contributed by atoms with E-state index in [0.717, 1.165) is 22.1 Å². The Balaban J connectivity index is 2.24. The van der Waals surface area contributed by atoms with Crippen LogP contribution in [0.3, 0.4) is 0 Å². The zero-order valence-electron chi connectivity index (χ0n) is 10.1. The monoisotopic (exact) mass is 240 g/mol. The molecule has 90 valence electrons. The molecule has 4 heteroatoms. The van der Waals surface area contributed by atoms with Crippen molar-refractivity contribution in [2.45, 2.75) is 6.92 Å². The summed E-state index contributed by atoms with van der Waals surface area (Å²) in [4.78, 5) is 0. The highest BCUT2D eigenvalue weighted by Gasteiger charge is 2.33. The maximum atomic E-state index is 9.60. The van der Waals surface area contributed by atoms with Gasteiger partial charge in [-0.05, 0) is 53.2 Å². The molecule has 3 rings (SSSR count). The van der Waals surface area contributed by atoms with E-state index in [0.29, 0.717) is 6.61 Å². The van der Waals surface area contributed by atoms with Gasteiger partial charge in [-0.25, -0.2) is 0 Å². The molecule has 2 aromatic rings. The quantitative estimate of drug-likeness (QED) is 0.776. The van der Waals surface area contributed by atoms with Crippen LogP contribution in [0, 0.1) is 0 Å². The van der Waals surface area contributed by atoms with Crippen LogP contribution in [-0.4, -0.2) is 23.7 Å². The summed E-state index contributed by atoms with van der Waals surface area (Å²) in [6.07, 6.45) is 0. The molecule has 0 saturated carbocycles. The summed E-state index contributed by atoms with van der Waals surface area (Å²) >= 11 is 0. The second-order valence-electron chi connectivity index (χ2n) is 4.38. The highest BCUT2D eigenvalue weighted by molar-refractivity contribution is 6.84. The van der Waals surface area contributed by atoms with Crippen LogP contribution in [-0.2, 0) is 4.65 Å². The number of aromatic hydroxyl groups is 2. The van der Waals surface area contributed by atoms with Gasteiger partial charge in [0.2, 0.25) is 0 Å². The van der Waals surface area contributed by atoms with E-state index >= 15 is 0 Å². The van der Waals surface area contributed by atoms with Crippen molar-refractivity contribution < 1.29 is 14.9 Å². The van der Waals surface area contributed by atoms with Gasteiger partial charge in [-0.2, -0.15) is 0 Å². The molecule has 0 radical (unpaired) electrons. The Morgan fingerprint density at radius 1 is 0.944 bits per heavy atom. The molecular weight excluding hydrogens is 227 g/mol. The van der Waals surface area contributed by atoms with Crippen molar-refractivity contribution >= 4 is 17.8 Å². The Labute approximate surface area is 106 Å². The van der Waals surface area contributed by atoms with Gasteiger partial charge in [0.25, 0.3) is 0 Å². The maximum absolute atomic E-state index is 9.60. The molecule has 0 atom stereocenters. The minimum atomic E-state index is -0.110. The number of hydrogen-bond donors (Lipinski definition) is 2. The number of benzene rings is 2. The van der Waals surface area contributed by atoms with E-state index in [4.69, 9.17) is 4.65 Å². The number of phenols is 2. The van der Waals surface area contributed by atoms with E-state index < -0.39 is 0 Å². The zero-order valence-corrected chi connectivity index (χ0v) is 10.1. The topological polar surface area (TPSA) is 49.7 Å². The summed E-state index contributed by atoms with van der Waals surface area (Å²) in [5, 5.41) is 19.2. The molecule has 0 fully saturated rings. The van der Waals surface area contributed by atoms with Crippen molar-refractivity contribution in [2.75, 3.05) is 6.61 Å². The normalized spacial score (nSPS) is 12.4. The Morgan fingerprint density at radius 2 is 1.44 bits per heavy atom. The molecule has 3 nitrogen and oxygen atoms in total. The summed E-state index contributed by atoms with van der Waals surface area (Å²) in [7, 11) is 0. The van der Waals surface area contributed by atoms with Gasteiger partial charge in [-0.15, -0.1) is 0 Å². The summed E-state index contributed by atoms with van der Waals surface area (Å²) in [6, 6.07) is 10.5. The van der Waals surface area contributed by atoms with Crippen LogP contribution in [0.2, 0.25) is 0 Å². The second-order valence-corrected chi connectivity index (χ2v) is 4.38. The first-order valence-electron chi connectivity index (χ1n) is 5.98. The van der Waals surface area contributed by atoms with Gasteiger partial charge in [-0.3, -0.25) is 0 Å². The number of fused-ring (bicyclic) bond motifs is 3. The molecule has 0 unspecified atom stereocenters. The molecule has 18 heavy (non-hydrogen) atoms. The van der Waals surface area contributed by atoms with Crippen LogP contribution in [0.1, 0.15) is 6.92 Å². The molecule has 0 bridgehead atoms. The fraction of sp³-hybridized carbons (Fsp3) is 0.143. The summed E-state index contributed by atoms with van der Waals surface area (Å²) in [5.74, 6) is 0.445. The van der Waals surface area contributed by atoms with Crippen LogP contribution in [0.4, 0.5) is 0 Å². The van der Waals surface area contributed by atoms with Crippen molar-refractivity contribution in [3.05, 3.63) is 36.4 Å². The van der Waals surface area contributed by atoms with Crippen LogP contribution in [0.5, 0.6) is 11.5 Å². The van der Waals surface area contributed by atoms with E-state index in [-0.39, 0.29) is 18.4 Å². The minimum absolute atomic E-state index is 0.110. The van der Waals surface area contributed by atoms with E-state index in [1.807, 2.05) is 19.1 Å². The van der Waals surface area contributed by atoms with Crippen LogP contribution in [0.15, 0.2) is 36.4 Å². The first kappa shape index (κ1) is 11.2. The first-order chi connectivity index (χ1) is 8.70. The first-order valence-corrected chi connectivity index (χ1v) is 5.98. The number of rotatable bonds is 2. The Morgan fingerprint density at radius 3 is 1.89 bits per heavy atom. The molecule has 2 aromatic carbocycles. The third kappa shape index (κ3) is 1.57. The molecule has 1 aliphatic rings. The SMILES string of the molecule is CCOB1c2ccc(O)cc2-c2cc(O)ccc21. The molecule has 0 spiro atoms. The fourth-order valence-electron chi connectivity index (χ4n) is 2.53. The van der Waals surface area contributed by atoms with Gasteiger partial charge < -0.3 is 14.9 Å². The molecule has 2 N–H and O–H groups in total. The highest BCUT2D eigenvalue weighted by Crippen LogP contribution is 2.28. The lowest BCUT2D eigenvalue weighted by Gasteiger charge is -2.09. The maximum Gasteiger partial charge on any atom is 0.362 e. The van der Waals surface area contributed by atoms with Crippen LogP contribution in [0.25, 0.3) is 11.1 Å². The predicted molar refractivity (Wildman–Crippen MR) is 71.9 cm³/mol. The average molecular weight is 240 g/mol. The van der Waals surface area contributed by atoms with Crippen molar-refractivity contribution in [1.29, 1.82) is 0 Å². The van der Waals surface area contributed by atoms with E-state index in [1.165, 1.54) is 0 Å². The van der Waals surface area contributed by atoms with Gasteiger partial charge in [0, 0.05) is 6.61 Å². The molecular formula is C14H13BO3. The highest BCUT2D eigenvalue weighted by atomic mass is 16.4. The number of phenolic OH excluding ortho intramolecular Hbond substituents is 2. The summed E-state index contributed by atoms with van der Waals surface area (Å²) in [6.45, 7) is 2.46. The minimum Gasteiger partial charge on any atom is -0.508 e. The van der Waals surface area contributed by atoms with Gasteiger partial charge in [-0.1, -0.05) is 12.1 Å². The van der Waals surface area contributed by atoms with Gasteiger partial charge in [0.1, 0.15) is 11.5 Å². The lowest BCUT2D eigenvalue weighted by Crippen LogP contribution is -2.40. The fourth-order valence-corrected chi connectivity index (χ4v) is 2.53. The molecule has 0 saturated heterocycles. The van der Waals surface area contributed by atoms with Gasteiger partial charge >= 0.3 is 6.92 Å². The van der Waals surface area contributed by atoms with Crippen LogP contribution < -0.4 is 10.9 Å². The zero-order chi connectivity index (χ0) is 12.7. The third-order valence-electron chi connectivity index (χ3n) is 3.26. The van der Waals surface area contributed by atoms with Crippen LogP contribution >= 0.6 is 0 Å². The van der Waals surface area contributed by atoms with E-state index in [1.54, 1.807) is 24.3 Å². The molecule has 1 aliphatic heterocycles. The summed E-state index contributed by atoms with van der Waals surface area (Å²) in [5.41, 5.74) is 3.93. The van der Waals surface area contributed by atoms with E-state index in [2.05, 4.69) is 0 Å². The standard InChI is InChI=1S/C14H13BO3/c1-2-18-15-13-5-3-9(16)7-11(13)12-8-10(17)4-6-14(12)15/h3-8,16-17H,2H2,1H3. The Kier molecular flexibility index (Phi) is 2.53. The van der Waals surface area contributed by atoms with E-state index in [9.17, 15) is 10.2 Å². The lowest BCUT2D eigenvalue weighted by atomic mass is 9.58. The van der Waals surface area contributed by atoms with Gasteiger partial charge in [0.15, 0.2) is 0 Å². The Bertz CT molecular complexity index is 558. The number of hydrogen-bond acceptors (Lipinski definition) is 3. The lowest BCUT2D eigenvalue weighted by molar-refractivity contribution is 0.358. The van der Waals surface area contributed by atoms with Crippen molar-refractivity contribution in [1.82, 2.24) is 0 Å². The van der Waals surface area contributed by atoms with Crippen molar-refractivity contribution in [3.63, 3.8) is 0 Å². The molecule has 0 amide bonds. The largest absolute Gasteiger partial charge is 0.508 e. The van der Waals surface area contributed by atoms with Crippen molar-refractivity contribution in [3.8, 4) is 22.6 Å². The smallest absolute Gasteiger partial charge is 0.362 e.